The molecule has 0 aromatic heterocycles. The Balaban J connectivity index is 2.45. The van der Waals surface area contributed by atoms with Crippen LogP contribution in [0.5, 0.6) is 0 Å². The van der Waals surface area contributed by atoms with Crippen molar-refractivity contribution in [2.45, 2.75) is 25.4 Å². The number of methoxy groups -OCH3 is 1. The van der Waals surface area contributed by atoms with Crippen LogP contribution in [-0.2, 0) is 9.53 Å². The Morgan fingerprint density at radius 1 is 1.73 bits per heavy atom. The molecule has 0 saturated carbocycles. The molecule has 1 rings (SSSR count). The van der Waals surface area contributed by atoms with Crippen LogP contribution in [0.2, 0.25) is 0 Å². The van der Waals surface area contributed by atoms with Gasteiger partial charge >= 0.3 is 0 Å². The standard InChI is InChI=1S/C9H17N3O3/c1-15-7-3-2-4-12(6-7)9(13)5-8(10)11-14/h7,14H,2-6H2,1H3,(H2,10,11). The molecule has 0 spiro atoms. The molecule has 0 aromatic rings. The van der Waals surface area contributed by atoms with Gasteiger partial charge in [-0.3, -0.25) is 4.79 Å². The molecule has 1 atom stereocenters. The van der Waals surface area contributed by atoms with E-state index >= 15 is 0 Å². The molecular weight excluding hydrogens is 198 g/mol. The summed E-state index contributed by atoms with van der Waals surface area (Å²) in [5, 5.41) is 11.1. The molecule has 0 radical (unpaired) electrons. The van der Waals surface area contributed by atoms with Crippen LogP contribution in [0.3, 0.4) is 0 Å². The number of nitrogens with two attached hydrogens (primary N) is 1. The predicted octanol–water partition coefficient (Wildman–Crippen LogP) is -0.240. The van der Waals surface area contributed by atoms with Crippen LogP contribution >= 0.6 is 0 Å². The van der Waals surface area contributed by atoms with Gasteiger partial charge in [-0.1, -0.05) is 5.16 Å². The highest BCUT2D eigenvalue weighted by atomic mass is 16.5. The maximum absolute atomic E-state index is 11.6. The summed E-state index contributed by atoms with van der Waals surface area (Å²) in [6.45, 7) is 1.31. The zero-order valence-corrected chi connectivity index (χ0v) is 8.85. The fraction of sp³-hybridized carbons (Fsp3) is 0.778. The second kappa shape index (κ2) is 5.55. The molecule has 86 valence electrons. The Morgan fingerprint density at radius 3 is 3.07 bits per heavy atom. The van der Waals surface area contributed by atoms with Gasteiger partial charge in [-0.05, 0) is 12.8 Å². The lowest BCUT2D eigenvalue weighted by Gasteiger charge is -2.31. The lowest BCUT2D eigenvalue weighted by Crippen LogP contribution is -2.44. The largest absolute Gasteiger partial charge is 0.409 e. The first-order valence-electron chi connectivity index (χ1n) is 4.94. The Bertz CT molecular complexity index is 255. The number of oxime groups is 1. The van der Waals surface area contributed by atoms with Crippen LogP contribution in [-0.4, -0.2) is 48.2 Å². The monoisotopic (exact) mass is 215 g/mol. The van der Waals surface area contributed by atoms with E-state index in [1.165, 1.54) is 0 Å². The van der Waals surface area contributed by atoms with Crippen LogP contribution < -0.4 is 5.73 Å². The molecule has 3 N–H and O–H groups in total. The Morgan fingerprint density at radius 2 is 2.47 bits per heavy atom. The molecule has 0 aromatic carbocycles. The molecule has 1 aliphatic heterocycles. The fourth-order valence-corrected chi connectivity index (χ4v) is 1.66. The number of likely N-dealkylation sites (tertiary alicyclic amines) is 1. The third-order valence-electron chi connectivity index (χ3n) is 2.52. The van der Waals surface area contributed by atoms with E-state index in [9.17, 15) is 4.79 Å². The van der Waals surface area contributed by atoms with Gasteiger partial charge < -0.3 is 20.6 Å². The van der Waals surface area contributed by atoms with Gasteiger partial charge in [-0.25, -0.2) is 0 Å². The summed E-state index contributed by atoms with van der Waals surface area (Å²) in [7, 11) is 1.64. The van der Waals surface area contributed by atoms with Gasteiger partial charge in [-0.2, -0.15) is 0 Å². The Labute approximate surface area is 88.7 Å². The van der Waals surface area contributed by atoms with Gasteiger partial charge in [0.05, 0.1) is 12.5 Å². The quantitative estimate of drug-likeness (QED) is 0.294. The summed E-state index contributed by atoms with van der Waals surface area (Å²) in [6, 6.07) is 0. The third-order valence-corrected chi connectivity index (χ3v) is 2.52. The molecule has 6 heteroatoms. The van der Waals surface area contributed by atoms with Crippen LogP contribution in [0.1, 0.15) is 19.3 Å². The summed E-state index contributed by atoms with van der Waals surface area (Å²) in [6.07, 6.45) is 1.98. The number of carbonyl (C=O) groups excluding carboxylic acids is 1. The molecule has 15 heavy (non-hydrogen) atoms. The van der Waals surface area contributed by atoms with E-state index in [4.69, 9.17) is 15.7 Å². The van der Waals surface area contributed by atoms with Crippen molar-refractivity contribution < 1.29 is 14.7 Å². The van der Waals surface area contributed by atoms with Crippen LogP contribution in [0, 0.1) is 0 Å². The first-order chi connectivity index (χ1) is 7.17. The SMILES string of the molecule is COC1CCCN(C(=O)CC(N)=NO)C1. The zero-order valence-electron chi connectivity index (χ0n) is 8.85. The summed E-state index contributed by atoms with van der Waals surface area (Å²) < 4.78 is 5.20. The lowest BCUT2D eigenvalue weighted by atomic mass is 10.1. The van der Waals surface area contributed by atoms with Gasteiger partial charge in [-0.15, -0.1) is 0 Å². The van der Waals surface area contributed by atoms with Gasteiger partial charge in [0.2, 0.25) is 5.91 Å². The summed E-state index contributed by atoms with van der Waals surface area (Å²) in [5.74, 6) is -0.174. The second-order valence-corrected chi connectivity index (χ2v) is 3.61. The molecule has 1 amide bonds. The van der Waals surface area contributed by atoms with Gasteiger partial charge in [0.25, 0.3) is 0 Å². The van der Waals surface area contributed by atoms with E-state index in [1.807, 2.05) is 0 Å². The molecule has 1 unspecified atom stereocenters. The summed E-state index contributed by atoms with van der Waals surface area (Å²) >= 11 is 0. The maximum Gasteiger partial charge on any atom is 0.230 e. The minimum atomic E-state index is -0.118. The number of ether oxygens (including phenoxy) is 1. The summed E-state index contributed by atoms with van der Waals surface area (Å²) in [5.41, 5.74) is 5.27. The van der Waals surface area contributed by atoms with Crippen LogP contribution in [0.25, 0.3) is 0 Å². The zero-order chi connectivity index (χ0) is 11.3. The number of amidine groups is 1. The number of rotatable bonds is 3. The molecule has 1 heterocycles. The van der Waals surface area contributed by atoms with E-state index in [2.05, 4.69) is 5.16 Å². The van der Waals surface area contributed by atoms with Crippen molar-refractivity contribution in [3.8, 4) is 0 Å². The Kier molecular flexibility index (Phi) is 4.36. The first kappa shape index (κ1) is 11.8. The first-order valence-corrected chi connectivity index (χ1v) is 4.94. The summed E-state index contributed by atoms with van der Waals surface area (Å²) in [4.78, 5) is 13.3. The van der Waals surface area contributed by atoms with E-state index in [1.54, 1.807) is 12.0 Å². The van der Waals surface area contributed by atoms with Crippen LogP contribution in [0.4, 0.5) is 0 Å². The van der Waals surface area contributed by atoms with E-state index in [0.29, 0.717) is 6.54 Å². The highest BCUT2D eigenvalue weighted by Crippen LogP contribution is 2.13. The van der Waals surface area contributed by atoms with Crippen molar-refractivity contribution in [2.24, 2.45) is 10.9 Å². The smallest absolute Gasteiger partial charge is 0.230 e. The van der Waals surface area contributed by atoms with Gasteiger partial charge in [0.15, 0.2) is 0 Å². The number of carbonyl (C=O) groups is 1. The molecule has 0 aliphatic carbocycles. The highest BCUT2D eigenvalue weighted by molar-refractivity contribution is 5.98. The third kappa shape index (κ3) is 3.39. The van der Waals surface area contributed by atoms with Crippen molar-refractivity contribution in [2.75, 3.05) is 20.2 Å². The van der Waals surface area contributed by atoms with E-state index in [-0.39, 0.29) is 24.3 Å². The van der Waals surface area contributed by atoms with E-state index in [0.717, 1.165) is 19.4 Å². The predicted molar refractivity (Wildman–Crippen MR) is 54.6 cm³/mol. The number of amides is 1. The maximum atomic E-state index is 11.6. The van der Waals surface area contributed by atoms with E-state index < -0.39 is 0 Å². The van der Waals surface area contributed by atoms with Crippen molar-refractivity contribution in [3.05, 3.63) is 0 Å². The van der Waals surface area contributed by atoms with Gasteiger partial charge in [0, 0.05) is 20.2 Å². The molecular formula is C9H17N3O3. The molecule has 1 aliphatic rings. The van der Waals surface area contributed by atoms with Crippen molar-refractivity contribution in [1.29, 1.82) is 0 Å². The number of hydrogen-bond acceptors (Lipinski definition) is 4. The van der Waals surface area contributed by atoms with Gasteiger partial charge in [0.1, 0.15) is 5.84 Å². The Hall–Kier alpha value is -1.30. The van der Waals surface area contributed by atoms with Crippen molar-refractivity contribution >= 4 is 11.7 Å². The minimum absolute atomic E-state index is 0.0348. The molecule has 1 saturated heterocycles. The number of hydrogen-bond donors (Lipinski definition) is 2. The number of nitrogens with zero attached hydrogens (tertiary/aromatic N) is 2. The molecule has 1 fully saturated rings. The topological polar surface area (TPSA) is 88.2 Å². The average Bonchev–Trinajstić information content (AvgIpc) is 2.28. The minimum Gasteiger partial charge on any atom is -0.409 e. The average molecular weight is 215 g/mol. The van der Waals surface area contributed by atoms with Crippen LogP contribution in [0.15, 0.2) is 5.16 Å². The van der Waals surface area contributed by atoms with Crippen molar-refractivity contribution in [3.63, 3.8) is 0 Å². The second-order valence-electron chi connectivity index (χ2n) is 3.61. The molecule has 6 nitrogen and oxygen atoms in total. The highest BCUT2D eigenvalue weighted by Gasteiger charge is 2.23. The molecule has 0 bridgehead atoms. The normalized spacial score (nSPS) is 22.9. The fourth-order valence-electron chi connectivity index (χ4n) is 1.66. The number of piperidine rings is 1. The lowest BCUT2D eigenvalue weighted by molar-refractivity contribution is -0.133. The van der Waals surface area contributed by atoms with Crippen molar-refractivity contribution in [1.82, 2.24) is 4.90 Å².